The van der Waals surface area contributed by atoms with E-state index in [2.05, 4.69) is 15.0 Å². The van der Waals surface area contributed by atoms with Crippen molar-refractivity contribution in [1.82, 2.24) is 9.97 Å². The molecule has 4 atom stereocenters. The van der Waals surface area contributed by atoms with Crippen LogP contribution in [0.1, 0.15) is 24.1 Å². The summed E-state index contributed by atoms with van der Waals surface area (Å²) >= 11 is 6.30. The number of nitrogens with one attached hydrogen (secondary N) is 1. The molecule has 3 unspecified atom stereocenters. The van der Waals surface area contributed by atoms with Crippen LogP contribution in [0.25, 0.3) is 0 Å². The molecular weight excluding hydrogens is 352 g/mol. The average molecular weight is 373 g/mol. The number of aromatic nitrogens is 2. The van der Waals surface area contributed by atoms with Crippen LogP contribution in [0, 0.1) is 5.92 Å². The second kappa shape index (κ2) is 7.21. The van der Waals surface area contributed by atoms with Crippen molar-refractivity contribution >= 4 is 23.3 Å². The molecule has 26 heavy (non-hydrogen) atoms. The summed E-state index contributed by atoms with van der Waals surface area (Å²) in [6, 6.07) is 6.95. The first-order chi connectivity index (χ1) is 12.6. The van der Waals surface area contributed by atoms with E-state index in [1.54, 1.807) is 12.5 Å². The van der Waals surface area contributed by atoms with E-state index in [0.717, 1.165) is 29.1 Å². The molecule has 2 aliphatic rings. The lowest BCUT2D eigenvalue weighted by molar-refractivity contribution is -0.133. The smallest absolute Gasteiger partial charge is 0.202 e. The number of carbonyl (C=O) groups is 1. The Morgan fingerprint density at radius 1 is 1.35 bits per heavy atom. The van der Waals surface area contributed by atoms with E-state index >= 15 is 0 Å². The third-order valence-corrected chi connectivity index (χ3v) is 5.49. The molecule has 1 fully saturated rings. The number of carbonyl (C=O) groups excluding carboxylic acids is 1. The molecule has 2 bridgehead atoms. The number of hydrogen-bond acceptors (Lipinski definition) is 5. The number of imidazole rings is 1. The minimum atomic E-state index is -0.430. The van der Waals surface area contributed by atoms with Crippen LogP contribution >= 0.6 is 11.6 Å². The van der Waals surface area contributed by atoms with Crippen molar-refractivity contribution in [3.8, 4) is 0 Å². The number of benzene rings is 1. The standard InChI is InChI=1S/C19H21ClN4O2/c20-14-4-2-1-3-11(14)7-12-5-6-16-18(25)17(12)24-19(26-16)15(21)8-13-9-22-10-23-13/h1-4,9-10,12,15-17H,5-8,21H2,(H,22,23)/t12?,15-,16?,17?/m0/s1. The minimum Gasteiger partial charge on any atom is -0.468 e. The number of aliphatic imine (C=N–C) groups is 1. The molecule has 0 spiro atoms. The topological polar surface area (TPSA) is 93.4 Å². The van der Waals surface area contributed by atoms with Gasteiger partial charge in [0.1, 0.15) is 6.04 Å². The van der Waals surface area contributed by atoms with Gasteiger partial charge in [0.2, 0.25) is 5.90 Å². The zero-order valence-electron chi connectivity index (χ0n) is 14.3. The number of nitrogens with two attached hydrogens (primary N) is 1. The van der Waals surface area contributed by atoms with Gasteiger partial charge in [0.05, 0.1) is 18.1 Å². The SMILES string of the molecule is N[C@@H](Cc1c[nH]cn1)C1=NC2C(=O)C(CCC2Cc2ccccc2Cl)O1. The second-order valence-corrected chi connectivity index (χ2v) is 7.33. The van der Waals surface area contributed by atoms with E-state index in [4.69, 9.17) is 22.1 Å². The van der Waals surface area contributed by atoms with Gasteiger partial charge in [0.25, 0.3) is 0 Å². The zero-order chi connectivity index (χ0) is 18.1. The molecule has 6 nitrogen and oxygen atoms in total. The van der Waals surface area contributed by atoms with Gasteiger partial charge in [0, 0.05) is 17.6 Å². The fourth-order valence-electron chi connectivity index (χ4n) is 3.75. The number of Topliss-reactive ketones (excluding diaryl/α,β-unsaturated/α-hetero) is 1. The van der Waals surface area contributed by atoms with Crippen molar-refractivity contribution < 1.29 is 9.53 Å². The Hall–Kier alpha value is -2.18. The number of ether oxygens (including phenoxy) is 1. The Balaban J connectivity index is 1.54. The van der Waals surface area contributed by atoms with Crippen LogP contribution in [-0.4, -0.2) is 39.8 Å². The zero-order valence-corrected chi connectivity index (χ0v) is 15.0. The number of ketones is 1. The molecule has 136 valence electrons. The molecule has 3 N–H and O–H groups in total. The summed E-state index contributed by atoms with van der Waals surface area (Å²) in [4.78, 5) is 24.4. The van der Waals surface area contributed by atoms with Crippen molar-refractivity contribution in [3.05, 3.63) is 53.1 Å². The van der Waals surface area contributed by atoms with Crippen molar-refractivity contribution in [3.63, 3.8) is 0 Å². The van der Waals surface area contributed by atoms with Crippen molar-refractivity contribution in [1.29, 1.82) is 0 Å². The molecule has 0 radical (unpaired) electrons. The highest BCUT2D eigenvalue weighted by Crippen LogP contribution is 2.34. The fourth-order valence-corrected chi connectivity index (χ4v) is 3.96. The van der Waals surface area contributed by atoms with E-state index in [-0.39, 0.29) is 11.7 Å². The summed E-state index contributed by atoms with van der Waals surface area (Å²) in [6.07, 6.45) is 5.81. The normalized spacial score (nSPS) is 26.2. The lowest BCUT2D eigenvalue weighted by Crippen LogP contribution is -2.52. The summed E-state index contributed by atoms with van der Waals surface area (Å²) in [6.45, 7) is 0. The van der Waals surface area contributed by atoms with Gasteiger partial charge in [-0.15, -0.1) is 0 Å². The Kier molecular flexibility index (Phi) is 4.78. The molecule has 2 aromatic rings. The highest BCUT2D eigenvalue weighted by molar-refractivity contribution is 6.31. The monoisotopic (exact) mass is 372 g/mol. The van der Waals surface area contributed by atoms with Gasteiger partial charge in [0.15, 0.2) is 11.9 Å². The van der Waals surface area contributed by atoms with Crippen LogP contribution in [0.15, 0.2) is 41.8 Å². The predicted molar refractivity (Wildman–Crippen MR) is 99.3 cm³/mol. The molecule has 1 aromatic heterocycles. The molecule has 2 heterocycles. The van der Waals surface area contributed by atoms with Crippen LogP contribution in [-0.2, 0) is 22.4 Å². The van der Waals surface area contributed by atoms with E-state index in [0.29, 0.717) is 18.7 Å². The van der Waals surface area contributed by atoms with Gasteiger partial charge in [-0.25, -0.2) is 9.98 Å². The first-order valence-corrected chi connectivity index (χ1v) is 9.24. The maximum Gasteiger partial charge on any atom is 0.202 e. The summed E-state index contributed by atoms with van der Waals surface area (Å²) in [7, 11) is 0. The lowest BCUT2D eigenvalue weighted by Gasteiger charge is -2.38. The number of H-pyrrole nitrogens is 1. The maximum atomic E-state index is 12.7. The predicted octanol–water partition coefficient (Wildman–Crippen LogP) is 2.32. The molecular formula is C19H21ClN4O2. The average Bonchev–Trinajstić information content (AvgIpc) is 3.12. The molecule has 4 rings (SSSR count). The Morgan fingerprint density at radius 3 is 2.96 bits per heavy atom. The third-order valence-electron chi connectivity index (χ3n) is 5.13. The summed E-state index contributed by atoms with van der Waals surface area (Å²) < 4.78 is 5.81. The largest absolute Gasteiger partial charge is 0.468 e. The van der Waals surface area contributed by atoms with Gasteiger partial charge in [-0.3, -0.25) is 4.79 Å². The van der Waals surface area contributed by atoms with E-state index in [1.165, 1.54) is 0 Å². The van der Waals surface area contributed by atoms with Crippen LogP contribution < -0.4 is 5.73 Å². The fraction of sp³-hybridized carbons (Fsp3) is 0.421. The number of hydrogen-bond donors (Lipinski definition) is 2. The Bertz CT molecular complexity index is 821. The molecule has 7 heteroatoms. The molecule has 0 amide bonds. The highest BCUT2D eigenvalue weighted by Gasteiger charge is 2.44. The first kappa shape index (κ1) is 17.2. The number of nitrogens with zero attached hydrogens (tertiary/aromatic N) is 2. The number of aromatic amines is 1. The van der Waals surface area contributed by atoms with Crippen molar-refractivity contribution in [2.45, 2.75) is 43.9 Å². The number of rotatable bonds is 5. The first-order valence-electron chi connectivity index (χ1n) is 8.86. The minimum absolute atomic E-state index is 0.0593. The number of fused-ring (bicyclic) bond motifs is 2. The van der Waals surface area contributed by atoms with E-state index in [9.17, 15) is 4.79 Å². The molecule has 1 aliphatic heterocycles. The summed E-state index contributed by atoms with van der Waals surface area (Å²) in [5, 5.41) is 0.730. The van der Waals surface area contributed by atoms with Gasteiger partial charge in [-0.1, -0.05) is 29.8 Å². The quantitative estimate of drug-likeness (QED) is 0.842. The third kappa shape index (κ3) is 3.39. The molecule has 0 saturated heterocycles. The lowest BCUT2D eigenvalue weighted by atomic mass is 9.78. The van der Waals surface area contributed by atoms with Crippen LogP contribution in [0.3, 0.4) is 0 Å². The van der Waals surface area contributed by atoms with Gasteiger partial charge < -0.3 is 15.5 Å². The van der Waals surface area contributed by atoms with Gasteiger partial charge >= 0.3 is 0 Å². The summed E-state index contributed by atoms with van der Waals surface area (Å²) in [5.74, 6) is 0.644. The Labute approximate surface area is 156 Å². The van der Waals surface area contributed by atoms with E-state index in [1.807, 2.05) is 24.3 Å². The molecule has 1 saturated carbocycles. The van der Waals surface area contributed by atoms with E-state index < -0.39 is 18.2 Å². The summed E-state index contributed by atoms with van der Waals surface area (Å²) in [5.41, 5.74) is 8.16. The van der Waals surface area contributed by atoms with Crippen molar-refractivity contribution in [2.75, 3.05) is 0 Å². The van der Waals surface area contributed by atoms with Crippen LogP contribution in [0.5, 0.6) is 0 Å². The van der Waals surface area contributed by atoms with Crippen LogP contribution in [0.2, 0.25) is 5.02 Å². The molecule has 1 aliphatic carbocycles. The van der Waals surface area contributed by atoms with Gasteiger partial charge in [-0.05, 0) is 36.8 Å². The van der Waals surface area contributed by atoms with Gasteiger partial charge in [-0.2, -0.15) is 0 Å². The Morgan fingerprint density at radius 2 is 2.19 bits per heavy atom. The van der Waals surface area contributed by atoms with Crippen molar-refractivity contribution in [2.24, 2.45) is 16.6 Å². The molecule has 1 aromatic carbocycles. The maximum absolute atomic E-state index is 12.7. The second-order valence-electron chi connectivity index (χ2n) is 6.93. The van der Waals surface area contributed by atoms with Crippen LogP contribution in [0.4, 0.5) is 0 Å². The highest BCUT2D eigenvalue weighted by atomic mass is 35.5. The number of halogens is 1.